The van der Waals surface area contributed by atoms with Crippen LogP contribution >= 0.6 is 0 Å². The molecule has 4 rings (SSSR count). The number of imidazole rings is 1. The maximum absolute atomic E-state index is 13.1. The van der Waals surface area contributed by atoms with Gasteiger partial charge < -0.3 is 15.4 Å². The fraction of sp³-hybridized carbons (Fsp3) is 0.286. The number of benzene rings is 2. The predicted molar refractivity (Wildman–Crippen MR) is 103 cm³/mol. The van der Waals surface area contributed by atoms with Gasteiger partial charge >= 0.3 is 5.97 Å². The summed E-state index contributed by atoms with van der Waals surface area (Å²) in [5.74, 6) is -1.03. The minimum atomic E-state index is -0.777. The molecule has 1 saturated carbocycles. The van der Waals surface area contributed by atoms with E-state index in [1.165, 1.54) is 12.1 Å². The number of carboxylic acid groups (broad SMARTS) is 1. The zero-order valence-corrected chi connectivity index (χ0v) is 15.1. The molecular formula is C21H20FN3O3. The van der Waals surface area contributed by atoms with Crippen LogP contribution in [0.15, 0.2) is 42.5 Å². The number of aliphatic carboxylic acids is 1. The summed E-state index contributed by atoms with van der Waals surface area (Å²) >= 11 is 0. The molecule has 0 atom stereocenters. The molecule has 6 nitrogen and oxygen atoms in total. The van der Waals surface area contributed by atoms with Crippen LogP contribution in [0.5, 0.6) is 0 Å². The van der Waals surface area contributed by atoms with Crippen LogP contribution < -0.4 is 5.32 Å². The molecule has 1 heterocycles. The van der Waals surface area contributed by atoms with E-state index in [4.69, 9.17) is 5.11 Å². The molecule has 1 amide bonds. The van der Waals surface area contributed by atoms with Crippen molar-refractivity contribution in [3.63, 3.8) is 0 Å². The number of nitrogens with one attached hydrogen (secondary N) is 2. The minimum Gasteiger partial charge on any atom is -0.481 e. The summed E-state index contributed by atoms with van der Waals surface area (Å²) in [7, 11) is 0. The van der Waals surface area contributed by atoms with Crippen LogP contribution in [0.3, 0.4) is 0 Å². The number of aromatic amines is 1. The number of H-pyrrole nitrogens is 1. The number of nitrogens with zero attached hydrogens (tertiary/aromatic N) is 1. The molecule has 3 aromatic rings. The molecule has 0 aliphatic heterocycles. The number of fused-ring (bicyclic) bond motifs is 1. The van der Waals surface area contributed by atoms with E-state index in [1.54, 1.807) is 18.2 Å². The summed E-state index contributed by atoms with van der Waals surface area (Å²) in [6.45, 7) is 0. The van der Waals surface area contributed by atoms with Crippen molar-refractivity contribution in [1.82, 2.24) is 9.97 Å². The van der Waals surface area contributed by atoms with E-state index in [1.807, 2.05) is 12.1 Å². The molecule has 144 valence electrons. The molecule has 0 bridgehead atoms. The molecule has 2 aromatic carbocycles. The third-order valence-corrected chi connectivity index (χ3v) is 5.31. The maximum atomic E-state index is 13.1. The van der Waals surface area contributed by atoms with Crippen LogP contribution in [0.25, 0.3) is 22.4 Å². The van der Waals surface area contributed by atoms with Gasteiger partial charge in [0.25, 0.3) is 0 Å². The third kappa shape index (κ3) is 3.74. The highest BCUT2D eigenvalue weighted by atomic mass is 19.1. The number of anilines is 1. The van der Waals surface area contributed by atoms with Crippen molar-refractivity contribution in [2.24, 2.45) is 11.8 Å². The highest BCUT2D eigenvalue weighted by Crippen LogP contribution is 2.30. The second-order valence-electron chi connectivity index (χ2n) is 7.20. The molecule has 28 heavy (non-hydrogen) atoms. The molecule has 3 N–H and O–H groups in total. The Morgan fingerprint density at radius 3 is 2.39 bits per heavy atom. The van der Waals surface area contributed by atoms with Gasteiger partial charge in [0.2, 0.25) is 5.91 Å². The molecule has 1 aromatic heterocycles. The van der Waals surface area contributed by atoms with Gasteiger partial charge in [-0.2, -0.15) is 0 Å². The molecule has 7 heteroatoms. The number of carbonyl (C=O) groups excluding carboxylic acids is 1. The Kier molecular flexibility index (Phi) is 4.81. The Morgan fingerprint density at radius 2 is 1.71 bits per heavy atom. The van der Waals surface area contributed by atoms with Gasteiger partial charge in [0.05, 0.1) is 17.0 Å². The first-order valence-electron chi connectivity index (χ1n) is 9.29. The van der Waals surface area contributed by atoms with Crippen molar-refractivity contribution < 1.29 is 19.1 Å². The van der Waals surface area contributed by atoms with Gasteiger partial charge in [-0.05, 0) is 68.1 Å². The van der Waals surface area contributed by atoms with Gasteiger partial charge in [-0.3, -0.25) is 9.59 Å². The fourth-order valence-electron chi connectivity index (χ4n) is 3.68. The van der Waals surface area contributed by atoms with E-state index in [0.717, 1.165) is 16.6 Å². The molecule has 0 saturated heterocycles. The molecule has 0 radical (unpaired) electrons. The SMILES string of the molecule is O=C(O)C1CCC(C(=O)Nc2ccc3nc(-c4ccc(F)cc4)[nH]c3c2)CC1. The molecule has 1 fully saturated rings. The number of halogens is 1. The summed E-state index contributed by atoms with van der Waals surface area (Å²) in [4.78, 5) is 31.3. The lowest BCUT2D eigenvalue weighted by Crippen LogP contribution is -2.29. The van der Waals surface area contributed by atoms with Crippen LogP contribution in [0.1, 0.15) is 25.7 Å². The minimum absolute atomic E-state index is 0.0820. The van der Waals surface area contributed by atoms with Crippen molar-refractivity contribution in [1.29, 1.82) is 0 Å². The van der Waals surface area contributed by atoms with Crippen LogP contribution in [0, 0.1) is 17.7 Å². The Bertz CT molecular complexity index is 1020. The first-order chi connectivity index (χ1) is 13.5. The number of carboxylic acids is 1. The van der Waals surface area contributed by atoms with E-state index < -0.39 is 5.97 Å². The van der Waals surface area contributed by atoms with Gasteiger partial charge in [-0.15, -0.1) is 0 Å². The summed E-state index contributed by atoms with van der Waals surface area (Å²) in [6, 6.07) is 11.5. The highest BCUT2D eigenvalue weighted by molar-refractivity contribution is 5.95. The number of aromatic nitrogens is 2. The largest absolute Gasteiger partial charge is 0.481 e. The zero-order chi connectivity index (χ0) is 19.7. The first-order valence-corrected chi connectivity index (χ1v) is 9.29. The van der Waals surface area contributed by atoms with E-state index in [9.17, 15) is 14.0 Å². The highest BCUT2D eigenvalue weighted by Gasteiger charge is 2.29. The van der Waals surface area contributed by atoms with Crippen LogP contribution in [-0.2, 0) is 9.59 Å². The van der Waals surface area contributed by atoms with Crippen molar-refractivity contribution in [2.45, 2.75) is 25.7 Å². The first kappa shape index (κ1) is 18.2. The summed E-state index contributed by atoms with van der Waals surface area (Å²) in [5, 5.41) is 12.0. The Morgan fingerprint density at radius 1 is 1.04 bits per heavy atom. The van der Waals surface area contributed by atoms with Crippen LogP contribution in [0.2, 0.25) is 0 Å². The van der Waals surface area contributed by atoms with E-state index >= 15 is 0 Å². The van der Waals surface area contributed by atoms with E-state index in [2.05, 4.69) is 15.3 Å². The lowest BCUT2D eigenvalue weighted by atomic mass is 9.81. The van der Waals surface area contributed by atoms with Crippen LogP contribution in [0.4, 0.5) is 10.1 Å². The van der Waals surface area contributed by atoms with E-state index in [0.29, 0.717) is 37.2 Å². The number of amides is 1. The Balaban J connectivity index is 1.47. The monoisotopic (exact) mass is 381 g/mol. The Hall–Kier alpha value is -3.22. The van der Waals surface area contributed by atoms with Gasteiger partial charge in [0.1, 0.15) is 11.6 Å². The second-order valence-corrected chi connectivity index (χ2v) is 7.20. The topological polar surface area (TPSA) is 95.1 Å². The number of rotatable bonds is 4. The summed E-state index contributed by atoms with van der Waals surface area (Å²) in [6.07, 6.45) is 2.25. The lowest BCUT2D eigenvalue weighted by molar-refractivity contribution is -0.143. The smallest absolute Gasteiger partial charge is 0.306 e. The zero-order valence-electron chi connectivity index (χ0n) is 15.1. The van der Waals surface area contributed by atoms with Crippen molar-refractivity contribution >= 4 is 28.6 Å². The second kappa shape index (κ2) is 7.42. The summed E-state index contributed by atoms with van der Waals surface area (Å²) in [5.41, 5.74) is 2.96. The number of hydrogen-bond donors (Lipinski definition) is 3. The molecule has 0 unspecified atom stereocenters. The number of hydrogen-bond acceptors (Lipinski definition) is 3. The van der Waals surface area contributed by atoms with Gasteiger partial charge in [-0.1, -0.05) is 0 Å². The van der Waals surface area contributed by atoms with Gasteiger partial charge in [-0.25, -0.2) is 9.37 Å². The standard InChI is InChI=1S/C21H20FN3O3/c22-15-7-5-12(6-8-15)19-24-17-10-9-16(11-18(17)25-19)23-20(26)13-1-3-14(4-2-13)21(27)28/h5-11,13-14H,1-4H2,(H,23,26)(H,24,25)(H,27,28). The summed E-state index contributed by atoms with van der Waals surface area (Å²) < 4.78 is 13.1. The average Bonchev–Trinajstić information content (AvgIpc) is 3.12. The molecule has 0 spiro atoms. The normalized spacial score (nSPS) is 19.5. The quantitative estimate of drug-likeness (QED) is 0.631. The van der Waals surface area contributed by atoms with Gasteiger partial charge in [0, 0.05) is 17.2 Å². The molecular weight excluding hydrogens is 361 g/mol. The number of carbonyl (C=O) groups is 2. The maximum Gasteiger partial charge on any atom is 0.306 e. The molecule has 1 aliphatic carbocycles. The van der Waals surface area contributed by atoms with Crippen molar-refractivity contribution in [2.75, 3.05) is 5.32 Å². The van der Waals surface area contributed by atoms with Crippen molar-refractivity contribution in [3.05, 3.63) is 48.3 Å². The Labute approximate surface area is 160 Å². The van der Waals surface area contributed by atoms with Gasteiger partial charge in [0.15, 0.2) is 0 Å². The average molecular weight is 381 g/mol. The fourth-order valence-corrected chi connectivity index (χ4v) is 3.68. The van der Waals surface area contributed by atoms with E-state index in [-0.39, 0.29) is 23.6 Å². The van der Waals surface area contributed by atoms with Crippen LogP contribution in [-0.4, -0.2) is 27.0 Å². The predicted octanol–water partition coefficient (Wildman–Crippen LogP) is 4.20. The van der Waals surface area contributed by atoms with Crippen molar-refractivity contribution in [3.8, 4) is 11.4 Å². The molecule has 1 aliphatic rings. The third-order valence-electron chi connectivity index (χ3n) is 5.31. The lowest BCUT2D eigenvalue weighted by Gasteiger charge is -2.25.